The number of rotatable bonds is 4. The minimum Gasteiger partial charge on any atom is -0.368 e. The zero-order valence-electron chi connectivity index (χ0n) is 8.00. The van der Waals surface area contributed by atoms with Gasteiger partial charge in [-0.25, -0.2) is 0 Å². The van der Waals surface area contributed by atoms with Crippen molar-refractivity contribution in [2.45, 2.75) is 6.18 Å². The van der Waals surface area contributed by atoms with Crippen LogP contribution >= 0.6 is 0 Å². The van der Waals surface area contributed by atoms with Gasteiger partial charge in [0.15, 0.2) is 0 Å². The van der Waals surface area contributed by atoms with Crippen LogP contribution in [0.2, 0.25) is 0 Å². The molecule has 0 atom stereocenters. The molecule has 4 heteroatoms. The lowest BCUT2D eigenvalue weighted by molar-refractivity contribution is -0.171. The summed E-state index contributed by atoms with van der Waals surface area (Å²) in [6.07, 6.45) is -0.974. The highest BCUT2D eigenvalue weighted by Gasteiger charge is 2.26. The lowest BCUT2D eigenvalue weighted by atomic mass is 10.2. The van der Waals surface area contributed by atoms with Gasteiger partial charge in [0.25, 0.3) is 0 Å². The van der Waals surface area contributed by atoms with Crippen LogP contribution in [0.1, 0.15) is 5.56 Å². The van der Waals surface area contributed by atoms with Gasteiger partial charge < -0.3 is 4.74 Å². The zero-order valence-corrected chi connectivity index (χ0v) is 8.00. The molecular formula is C11H11F3O. The lowest BCUT2D eigenvalue weighted by Gasteiger charge is -2.04. The van der Waals surface area contributed by atoms with E-state index in [1.807, 2.05) is 30.3 Å². The molecule has 0 aliphatic carbocycles. The third kappa shape index (κ3) is 5.91. The van der Waals surface area contributed by atoms with Gasteiger partial charge in [-0.15, -0.1) is 0 Å². The van der Waals surface area contributed by atoms with Crippen molar-refractivity contribution in [3.05, 3.63) is 42.0 Å². The average molecular weight is 216 g/mol. The van der Waals surface area contributed by atoms with Gasteiger partial charge in [0.2, 0.25) is 0 Å². The monoisotopic (exact) mass is 216 g/mol. The van der Waals surface area contributed by atoms with Crippen LogP contribution in [-0.2, 0) is 4.74 Å². The summed E-state index contributed by atoms with van der Waals surface area (Å²) in [6, 6.07) is 9.31. The van der Waals surface area contributed by atoms with Crippen LogP contribution < -0.4 is 0 Å². The maximum absolute atomic E-state index is 11.7. The van der Waals surface area contributed by atoms with Crippen molar-refractivity contribution < 1.29 is 17.9 Å². The van der Waals surface area contributed by atoms with Gasteiger partial charge in [0, 0.05) is 0 Å². The highest BCUT2D eigenvalue weighted by molar-refractivity contribution is 5.48. The standard InChI is InChI=1S/C11H11F3O/c12-11(13,14)9-15-8-4-7-10-5-2-1-3-6-10/h1-7H,8-9H2/b7-4+. The largest absolute Gasteiger partial charge is 0.411 e. The van der Waals surface area contributed by atoms with Crippen LogP contribution in [0.15, 0.2) is 36.4 Å². The van der Waals surface area contributed by atoms with Crippen LogP contribution in [0.5, 0.6) is 0 Å². The first-order valence-electron chi connectivity index (χ1n) is 4.44. The summed E-state index contributed by atoms with van der Waals surface area (Å²) < 4.78 is 39.4. The quantitative estimate of drug-likeness (QED) is 0.702. The van der Waals surface area contributed by atoms with E-state index in [1.54, 1.807) is 12.2 Å². The summed E-state index contributed by atoms with van der Waals surface area (Å²) in [4.78, 5) is 0. The Hall–Kier alpha value is -1.29. The molecular weight excluding hydrogens is 205 g/mol. The minimum atomic E-state index is -4.25. The maximum Gasteiger partial charge on any atom is 0.411 e. The maximum atomic E-state index is 11.7. The molecule has 0 heterocycles. The highest BCUT2D eigenvalue weighted by atomic mass is 19.4. The van der Waals surface area contributed by atoms with Gasteiger partial charge in [-0.2, -0.15) is 13.2 Å². The van der Waals surface area contributed by atoms with E-state index in [0.717, 1.165) is 5.56 Å². The molecule has 0 fully saturated rings. The molecule has 1 nitrogen and oxygen atoms in total. The van der Waals surface area contributed by atoms with E-state index >= 15 is 0 Å². The molecule has 0 aliphatic heterocycles. The topological polar surface area (TPSA) is 9.23 Å². The van der Waals surface area contributed by atoms with Gasteiger partial charge in [-0.3, -0.25) is 0 Å². The molecule has 1 rings (SSSR count). The molecule has 0 aliphatic rings. The summed E-state index contributed by atoms with van der Waals surface area (Å²) in [5.41, 5.74) is 0.938. The van der Waals surface area contributed by atoms with Gasteiger partial charge in [0.1, 0.15) is 6.61 Å². The number of hydrogen-bond acceptors (Lipinski definition) is 1. The first kappa shape index (κ1) is 11.8. The van der Waals surface area contributed by atoms with Crippen molar-refractivity contribution in [3.63, 3.8) is 0 Å². The molecule has 82 valence electrons. The van der Waals surface area contributed by atoms with Gasteiger partial charge >= 0.3 is 6.18 Å². The van der Waals surface area contributed by atoms with Gasteiger partial charge in [-0.1, -0.05) is 42.5 Å². The first-order chi connectivity index (χ1) is 7.08. The van der Waals surface area contributed by atoms with Crippen LogP contribution in [0.3, 0.4) is 0 Å². The van der Waals surface area contributed by atoms with Gasteiger partial charge in [0.05, 0.1) is 6.61 Å². The lowest BCUT2D eigenvalue weighted by Crippen LogP contribution is -2.16. The van der Waals surface area contributed by atoms with Crippen molar-refractivity contribution in [2.24, 2.45) is 0 Å². The third-order valence-corrected chi connectivity index (χ3v) is 1.59. The molecule has 0 aromatic heterocycles. The average Bonchev–Trinajstić information content (AvgIpc) is 2.17. The Balaban J connectivity index is 2.24. The Morgan fingerprint density at radius 1 is 1.13 bits per heavy atom. The molecule has 0 radical (unpaired) electrons. The second kappa shape index (κ2) is 5.56. The van der Waals surface area contributed by atoms with Gasteiger partial charge in [-0.05, 0) is 5.56 Å². The van der Waals surface area contributed by atoms with Crippen LogP contribution in [0.25, 0.3) is 6.08 Å². The summed E-state index contributed by atoms with van der Waals surface area (Å²) in [6.45, 7) is -1.24. The molecule has 1 aromatic rings. The van der Waals surface area contributed by atoms with Crippen molar-refractivity contribution in [1.29, 1.82) is 0 Å². The van der Waals surface area contributed by atoms with Crippen LogP contribution in [0, 0.1) is 0 Å². The number of ether oxygens (including phenoxy) is 1. The second-order valence-corrected chi connectivity index (χ2v) is 2.94. The molecule has 0 spiro atoms. The molecule has 15 heavy (non-hydrogen) atoms. The van der Waals surface area contributed by atoms with E-state index in [4.69, 9.17) is 0 Å². The Kier molecular flexibility index (Phi) is 4.37. The van der Waals surface area contributed by atoms with Crippen molar-refractivity contribution in [3.8, 4) is 0 Å². The number of benzene rings is 1. The fourth-order valence-electron chi connectivity index (χ4n) is 0.991. The van der Waals surface area contributed by atoms with Crippen molar-refractivity contribution in [1.82, 2.24) is 0 Å². The van der Waals surface area contributed by atoms with Crippen LogP contribution in [-0.4, -0.2) is 19.4 Å². The SMILES string of the molecule is FC(F)(F)COC/C=C/c1ccccc1. The normalized spacial score (nSPS) is 12.2. The van der Waals surface area contributed by atoms with Crippen molar-refractivity contribution >= 4 is 6.08 Å². The number of hydrogen-bond donors (Lipinski definition) is 0. The molecule has 0 bridgehead atoms. The first-order valence-corrected chi connectivity index (χ1v) is 4.44. The number of halogens is 3. The van der Waals surface area contributed by atoms with E-state index in [1.165, 1.54) is 0 Å². The van der Waals surface area contributed by atoms with Crippen LogP contribution in [0.4, 0.5) is 13.2 Å². The molecule has 0 amide bonds. The predicted molar refractivity (Wildman–Crippen MR) is 52.4 cm³/mol. The molecule has 0 saturated carbocycles. The highest BCUT2D eigenvalue weighted by Crippen LogP contribution is 2.14. The molecule has 0 unspecified atom stereocenters. The Morgan fingerprint density at radius 3 is 2.40 bits per heavy atom. The smallest absolute Gasteiger partial charge is 0.368 e. The zero-order chi connectivity index (χ0) is 11.1. The summed E-state index contributed by atoms with van der Waals surface area (Å²) in [5, 5.41) is 0. The van der Waals surface area contributed by atoms with E-state index in [-0.39, 0.29) is 6.61 Å². The third-order valence-electron chi connectivity index (χ3n) is 1.59. The van der Waals surface area contributed by atoms with E-state index in [0.29, 0.717) is 0 Å². The summed E-state index contributed by atoms with van der Waals surface area (Å²) >= 11 is 0. The van der Waals surface area contributed by atoms with E-state index in [2.05, 4.69) is 4.74 Å². The Morgan fingerprint density at radius 2 is 1.80 bits per heavy atom. The minimum absolute atomic E-state index is 0.0333. The van der Waals surface area contributed by atoms with Crippen molar-refractivity contribution in [2.75, 3.05) is 13.2 Å². The second-order valence-electron chi connectivity index (χ2n) is 2.94. The fraction of sp³-hybridized carbons (Fsp3) is 0.273. The predicted octanol–water partition coefficient (Wildman–Crippen LogP) is 3.28. The number of alkyl halides is 3. The Bertz CT molecular complexity index is 303. The van der Waals surface area contributed by atoms with E-state index < -0.39 is 12.8 Å². The molecule has 0 N–H and O–H groups in total. The van der Waals surface area contributed by atoms with E-state index in [9.17, 15) is 13.2 Å². The Labute approximate surface area is 86.2 Å². The molecule has 1 aromatic carbocycles. The summed E-state index contributed by atoms with van der Waals surface area (Å²) in [7, 11) is 0. The molecule has 0 saturated heterocycles. The summed E-state index contributed by atoms with van der Waals surface area (Å²) in [5.74, 6) is 0. The fourth-order valence-corrected chi connectivity index (χ4v) is 0.991.